The molecule has 2 heterocycles. The Morgan fingerprint density at radius 1 is 1.20 bits per heavy atom. The van der Waals surface area contributed by atoms with Crippen LogP contribution in [0.4, 0.5) is 5.00 Å². The van der Waals surface area contributed by atoms with E-state index in [4.69, 9.17) is 0 Å². The van der Waals surface area contributed by atoms with Gasteiger partial charge in [0.2, 0.25) is 5.91 Å². The number of hydrogen-bond donors (Lipinski definition) is 1. The van der Waals surface area contributed by atoms with Gasteiger partial charge < -0.3 is 5.32 Å². The molecular formula is C24H23N3OS2. The smallest absolute Gasteiger partial charge is 0.235 e. The van der Waals surface area contributed by atoms with Crippen molar-refractivity contribution in [3.8, 4) is 6.07 Å². The van der Waals surface area contributed by atoms with Gasteiger partial charge in [-0.3, -0.25) is 9.69 Å². The second kappa shape index (κ2) is 9.48. The standard InChI is InChI=1S/C24H23N3OS2/c1-17-7-9-19(10-8-17)29-16-23(28)26-24-21(13-25)20-11-12-27(15-22(20)30-24)14-18-5-3-2-4-6-18/h2-10H,11-12,14-16H2,1H3,(H,26,28). The summed E-state index contributed by atoms with van der Waals surface area (Å²) in [5.74, 6) is 0.258. The largest absolute Gasteiger partial charge is 0.316 e. The Bertz CT molecular complexity index is 1070. The van der Waals surface area contributed by atoms with Crippen LogP contribution in [-0.4, -0.2) is 23.1 Å². The highest BCUT2D eigenvalue weighted by Gasteiger charge is 2.25. The maximum Gasteiger partial charge on any atom is 0.235 e. The first-order valence-electron chi connectivity index (χ1n) is 9.92. The lowest BCUT2D eigenvalue weighted by atomic mass is 10.0. The predicted molar refractivity (Wildman–Crippen MR) is 124 cm³/mol. The molecule has 0 saturated carbocycles. The SMILES string of the molecule is Cc1ccc(SCC(=O)Nc2sc3c(c2C#N)CCN(Cc2ccccc2)C3)cc1. The number of aryl methyl sites for hydroxylation is 1. The zero-order valence-electron chi connectivity index (χ0n) is 16.9. The van der Waals surface area contributed by atoms with E-state index in [1.807, 2.05) is 37.3 Å². The molecule has 1 aromatic heterocycles. The number of carbonyl (C=O) groups excluding carboxylic acids is 1. The minimum Gasteiger partial charge on any atom is -0.316 e. The molecule has 1 N–H and O–H groups in total. The van der Waals surface area contributed by atoms with Crippen molar-refractivity contribution in [2.75, 3.05) is 17.6 Å². The van der Waals surface area contributed by atoms with Crippen LogP contribution >= 0.6 is 23.1 Å². The number of nitrogens with one attached hydrogen (secondary N) is 1. The maximum absolute atomic E-state index is 12.5. The summed E-state index contributed by atoms with van der Waals surface area (Å²) in [5.41, 5.74) is 4.24. The van der Waals surface area contributed by atoms with Gasteiger partial charge in [0.05, 0.1) is 11.3 Å². The fourth-order valence-corrected chi connectivity index (χ4v) is 5.54. The van der Waals surface area contributed by atoms with Gasteiger partial charge in [-0.15, -0.1) is 23.1 Å². The maximum atomic E-state index is 12.5. The normalized spacial score (nSPS) is 13.5. The van der Waals surface area contributed by atoms with Crippen LogP contribution < -0.4 is 5.32 Å². The van der Waals surface area contributed by atoms with E-state index in [0.717, 1.165) is 36.5 Å². The van der Waals surface area contributed by atoms with Crippen molar-refractivity contribution in [2.24, 2.45) is 0 Å². The van der Waals surface area contributed by atoms with Gasteiger partial charge in [0.25, 0.3) is 0 Å². The van der Waals surface area contributed by atoms with Crippen molar-refractivity contribution >= 4 is 34.0 Å². The van der Waals surface area contributed by atoms with E-state index in [0.29, 0.717) is 16.3 Å². The van der Waals surface area contributed by atoms with E-state index in [-0.39, 0.29) is 5.91 Å². The molecule has 4 nitrogen and oxygen atoms in total. The molecule has 6 heteroatoms. The Morgan fingerprint density at radius 3 is 2.70 bits per heavy atom. The topological polar surface area (TPSA) is 56.1 Å². The summed E-state index contributed by atoms with van der Waals surface area (Å²) in [6.07, 6.45) is 0.843. The summed E-state index contributed by atoms with van der Waals surface area (Å²) < 4.78 is 0. The van der Waals surface area contributed by atoms with Gasteiger partial charge in [-0.25, -0.2) is 0 Å². The van der Waals surface area contributed by atoms with Gasteiger partial charge in [-0.05, 0) is 36.6 Å². The summed E-state index contributed by atoms with van der Waals surface area (Å²) in [4.78, 5) is 17.1. The molecule has 152 valence electrons. The van der Waals surface area contributed by atoms with Crippen molar-refractivity contribution in [3.63, 3.8) is 0 Å². The van der Waals surface area contributed by atoms with Crippen LogP contribution in [-0.2, 0) is 24.3 Å². The van der Waals surface area contributed by atoms with E-state index in [1.165, 1.54) is 27.8 Å². The van der Waals surface area contributed by atoms with Gasteiger partial charge in [-0.1, -0.05) is 48.0 Å². The number of nitriles is 1. The lowest BCUT2D eigenvalue weighted by Gasteiger charge is -2.26. The minimum absolute atomic E-state index is 0.0724. The summed E-state index contributed by atoms with van der Waals surface area (Å²) in [7, 11) is 0. The number of amides is 1. The second-order valence-corrected chi connectivity index (χ2v) is 9.57. The number of nitrogens with zero attached hydrogens (tertiary/aromatic N) is 2. The first-order chi connectivity index (χ1) is 14.6. The van der Waals surface area contributed by atoms with Crippen LogP contribution in [0.1, 0.15) is 27.1 Å². The number of fused-ring (bicyclic) bond motifs is 1. The fraction of sp³-hybridized carbons (Fsp3) is 0.250. The molecule has 0 unspecified atom stereocenters. The van der Waals surface area contributed by atoms with E-state index in [9.17, 15) is 10.1 Å². The van der Waals surface area contributed by atoms with E-state index in [1.54, 1.807) is 11.3 Å². The third kappa shape index (κ3) is 4.93. The third-order valence-electron chi connectivity index (χ3n) is 5.14. The molecule has 0 spiro atoms. The number of carbonyl (C=O) groups is 1. The molecule has 1 amide bonds. The van der Waals surface area contributed by atoms with E-state index >= 15 is 0 Å². The molecule has 0 fully saturated rings. The summed E-state index contributed by atoms with van der Waals surface area (Å²) in [6.45, 7) is 4.68. The zero-order chi connectivity index (χ0) is 20.9. The van der Waals surface area contributed by atoms with Crippen molar-refractivity contribution in [3.05, 3.63) is 81.7 Å². The van der Waals surface area contributed by atoms with Gasteiger partial charge in [0.1, 0.15) is 11.1 Å². The quantitative estimate of drug-likeness (QED) is 0.542. The van der Waals surface area contributed by atoms with Crippen LogP contribution in [0.2, 0.25) is 0 Å². The number of benzene rings is 2. The fourth-order valence-electron chi connectivity index (χ4n) is 3.59. The summed E-state index contributed by atoms with van der Waals surface area (Å²) in [6, 6.07) is 20.9. The second-order valence-electron chi connectivity index (χ2n) is 7.42. The molecule has 1 aliphatic heterocycles. The first-order valence-corrected chi connectivity index (χ1v) is 11.7. The Labute approximate surface area is 185 Å². The van der Waals surface area contributed by atoms with E-state index < -0.39 is 0 Å². The van der Waals surface area contributed by atoms with Crippen LogP contribution in [0, 0.1) is 18.3 Å². The molecule has 1 aliphatic rings. The molecular weight excluding hydrogens is 410 g/mol. The molecule has 2 aromatic carbocycles. The Balaban J connectivity index is 1.40. The molecule has 0 aliphatic carbocycles. The molecule has 30 heavy (non-hydrogen) atoms. The molecule has 0 radical (unpaired) electrons. The van der Waals surface area contributed by atoms with Crippen molar-refractivity contribution in [1.82, 2.24) is 4.90 Å². The highest BCUT2D eigenvalue weighted by molar-refractivity contribution is 8.00. The number of rotatable bonds is 6. The summed E-state index contributed by atoms with van der Waals surface area (Å²) in [5, 5.41) is 13.4. The van der Waals surface area contributed by atoms with Gasteiger partial charge >= 0.3 is 0 Å². The highest BCUT2D eigenvalue weighted by Crippen LogP contribution is 2.37. The van der Waals surface area contributed by atoms with Crippen LogP contribution in [0.5, 0.6) is 0 Å². The Morgan fingerprint density at radius 2 is 1.97 bits per heavy atom. The van der Waals surface area contributed by atoms with Gasteiger partial charge in [0.15, 0.2) is 0 Å². The number of anilines is 1. The zero-order valence-corrected chi connectivity index (χ0v) is 18.5. The predicted octanol–water partition coefficient (Wildman–Crippen LogP) is 5.22. The van der Waals surface area contributed by atoms with Crippen LogP contribution in [0.3, 0.4) is 0 Å². The van der Waals surface area contributed by atoms with Crippen LogP contribution in [0.25, 0.3) is 0 Å². The number of hydrogen-bond acceptors (Lipinski definition) is 5. The monoisotopic (exact) mass is 433 g/mol. The average molecular weight is 434 g/mol. The highest BCUT2D eigenvalue weighted by atomic mass is 32.2. The molecule has 4 rings (SSSR count). The first kappa shape index (κ1) is 20.7. The molecule has 0 atom stereocenters. The van der Waals surface area contributed by atoms with Gasteiger partial charge in [-0.2, -0.15) is 5.26 Å². The van der Waals surface area contributed by atoms with Gasteiger partial charge in [0, 0.05) is 29.4 Å². The average Bonchev–Trinajstić information content (AvgIpc) is 3.10. The lowest BCUT2D eigenvalue weighted by molar-refractivity contribution is -0.113. The minimum atomic E-state index is -0.0724. The summed E-state index contributed by atoms with van der Waals surface area (Å²) >= 11 is 3.06. The number of thiophene rings is 1. The van der Waals surface area contributed by atoms with Crippen molar-refractivity contribution < 1.29 is 4.79 Å². The van der Waals surface area contributed by atoms with Crippen molar-refractivity contribution in [1.29, 1.82) is 5.26 Å². The van der Waals surface area contributed by atoms with Crippen LogP contribution in [0.15, 0.2) is 59.5 Å². The molecule has 3 aromatic rings. The van der Waals surface area contributed by atoms with Crippen molar-refractivity contribution in [2.45, 2.75) is 31.3 Å². The third-order valence-corrected chi connectivity index (χ3v) is 7.28. The number of thioether (sulfide) groups is 1. The Kier molecular flexibility index (Phi) is 6.53. The molecule has 0 saturated heterocycles. The molecule has 0 bridgehead atoms. The Hall–Kier alpha value is -2.59. The lowest BCUT2D eigenvalue weighted by Crippen LogP contribution is -2.29. The van der Waals surface area contributed by atoms with E-state index in [2.05, 4.69) is 40.6 Å².